The molecule has 5 heteroatoms. The molecule has 2 nitrogen and oxygen atoms in total. The molecule has 2 aromatic carbocycles. The van der Waals surface area contributed by atoms with Gasteiger partial charge < -0.3 is 0 Å². The van der Waals surface area contributed by atoms with Crippen LogP contribution in [0.2, 0.25) is 0 Å². The molecule has 0 unspecified atom stereocenters. The highest BCUT2D eigenvalue weighted by molar-refractivity contribution is 7.90. The van der Waals surface area contributed by atoms with E-state index >= 15 is 0 Å². The molecule has 0 radical (unpaired) electrons. The summed E-state index contributed by atoms with van der Waals surface area (Å²) in [5.41, 5.74) is 3.63. The number of rotatable bonds is 3. The fourth-order valence-corrected chi connectivity index (χ4v) is 3.93. The van der Waals surface area contributed by atoms with Gasteiger partial charge in [0, 0.05) is 17.4 Å². The maximum absolute atomic E-state index is 14.1. The van der Waals surface area contributed by atoms with Crippen molar-refractivity contribution < 1.29 is 12.8 Å². The first-order valence-corrected chi connectivity index (χ1v) is 9.42. The van der Waals surface area contributed by atoms with Crippen molar-refractivity contribution in [3.63, 3.8) is 0 Å². The van der Waals surface area contributed by atoms with E-state index in [1.807, 2.05) is 41.1 Å². The van der Waals surface area contributed by atoms with Crippen LogP contribution in [0.25, 0.3) is 22.3 Å². The summed E-state index contributed by atoms with van der Waals surface area (Å²) in [6.07, 6.45) is 1.01. The lowest BCUT2D eigenvalue weighted by Crippen LogP contribution is -2.00. The third-order valence-corrected chi connectivity index (χ3v) is 5.26. The van der Waals surface area contributed by atoms with Gasteiger partial charge in [0.2, 0.25) is 0 Å². The number of thiophene rings is 1. The van der Waals surface area contributed by atoms with Gasteiger partial charge in [-0.2, -0.15) is 11.3 Å². The van der Waals surface area contributed by atoms with E-state index in [0.29, 0.717) is 5.56 Å². The fraction of sp³-hybridized carbons (Fsp3) is 0.0588. The Hall–Kier alpha value is -1.98. The zero-order chi connectivity index (χ0) is 15.7. The molecule has 0 N–H and O–H groups in total. The SMILES string of the molecule is CS(=O)(=O)c1ccc(-c2cscc2-c2ccccc2)cc1F. The maximum Gasteiger partial charge on any atom is 0.178 e. The van der Waals surface area contributed by atoms with Crippen LogP contribution >= 0.6 is 11.3 Å². The molecule has 0 aliphatic heterocycles. The van der Waals surface area contributed by atoms with Gasteiger partial charge in [0.15, 0.2) is 9.84 Å². The maximum atomic E-state index is 14.1. The Labute approximate surface area is 132 Å². The molecule has 0 aliphatic rings. The number of sulfone groups is 1. The van der Waals surface area contributed by atoms with Crippen molar-refractivity contribution in [3.8, 4) is 22.3 Å². The Morgan fingerprint density at radius 3 is 2.14 bits per heavy atom. The van der Waals surface area contributed by atoms with E-state index in [-0.39, 0.29) is 4.90 Å². The minimum Gasteiger partial charge on any atom is -0.224 e. The summed E-state index contributed by atoms with van der Waals surface area (Å²) in [5, 5.41) is 3.95. The summed E-state index contributed by atoms with van der Waals surface area (Å²) in [4.78, 5) is -0.271. The Balaban J connectivity index is 2.11. The molecule has 112 valence electrons. The van der Waals surface area contributed by atoms with E-state index in [0.717, 1.165) is 22.9 Å². The van der Waals surface area contributed by atoms with Crippen molar-refractivity contribution in [2.24, 2.45) is 0 Å². The molecule has 1 aromatic heterocycles. The van der Waals surface area contributed by atoms with Gasteiger partial charge in [0.05, 0.1) is 0 Å². The van der Waals surface area contributed by atoms with Gasteiger partial charge in [-0.25, -0.2) is 12.8 Å². The molecule has 0 saturated carbocycles. The van der Waals surface area contributed by atoms with Crippen LogP contribution in [-0.2, 0) is 9.84 Å². The second-order valence-electron chi connectivity index (χ2n) is 4.98. The van der Waals surface area contributed by atoms with E-state index in [1.165, 1.54) is 23.5 Å². The van der Waals surface area contributed by atoms with Crippen LogP contribution in [0.5, 0.6) is 0 Å². The molecule has 0 atom stereocenters. The normalized spacial score (nSPS) is 11.5. The van der Waals surface area contributed by atoms with Gasteiger partial charge in [-0.15, -0.1) is 0 Å². The van der Waals surface area contributed by atoms with E-state index in [4.69, 9.17) is 0 Å². The monoisotopic (exact) mass is 332 g/mol. The van der Waals surface area contributed by atoms with Crippen molar-refractivity contribution >= 4 is 21.2 Å². The summed E-state index contributed by atoms with van der Waals surface area (Å²) < 4.78 is 37.1. The Bertz CT molecular complexity index is 913. The van der Waals surface area contributed by atoms with Gasteiger partial charge in [0.1, 0.15) is 10.7 Å². The van der Waals surface area contributed by atoms with Crippen LogP contribution < -0.4 is 0 Å². The molecular weight excluding hydrogens is 319 g/mol. The molecule has 3 rings (SSSR count). The van der Waals surface area contributed by atoms with Crippen LogP contribution in [0.1, 0.15) is 0 Å². The first-order valence-electron chi connectivity index (χ1n) is 6.58. The van der Waals surface area contributed by atoms with Crippen molar-refractivity contribution in [3.05, 3.63) is 65.1 Å². The van der Waals surface area contributed by atoms with E-state index in [9.17, 15) is 12.8 Å². The molecule has 0 bridgehead atoms. The van der Waals surface area contributed by atoms with Crippen LogP contribution in [0, 0.1) is 5.82 Å². The van der Waals surface area contributed by atoms with Crippen LogP contribution in [-0.4, -0.2) is 14.7 Å². The molecule has 0 spiro atoms. The average molecular weight is 332 g/mol. The Kier molecular flexibility index (Phi) is 3.85. The molecule has 0 aliphatic carbocycles. The summed E-state index contributed by atoms with van der Waals surface area (Å²) in [6, 6.07) is 14.1. The highest BCUT2D eigenvalue weighted by Gasteiger charge is 2.16. The van der Waals surface area contributed by atoms with Gasteiger partial charge in [-0.3, -0.25) is 0 Å². The molecular formula is C17H13FO2S2. The summed E-state index contributed by atoms with van der Waals surface area (Å²) >= 11 is 1.53. The lowest BCUT2D eigenvalue weighted by atomic mass is 9.99. The predicted octanol–water partition coefficient (Wildman–Crippen LogP) is 4.62. The number of hydrogen-bond acceptors (Lipinski definition) is 3. The number of halogens is 1. The zero-order valence-electron chi connectivity index (χ0n) is 11.8. The fourth-order valence-electron chi connectivity index (χ4n) is 2.33. The van der Waals surface area contributed by atoms with Crippen LogP contribution in [0.4, 0.5) is 4.39 Å². The third-order valence-electron chi connectivity index (χ3n) is 3.39. The standard InChI is InChI=1S/C17H13FO2S2/c1-22(19,20)17-8-7-13(9-16(17)18)15-11-21-10-14(15)12-5-3-2-4-6-12/h2-11H,1H3. The lowest BCUT2D eigenvalue weighted by Gasteiger charge is -2.07. The second kappa shape index (κ2) is 5.66. The highest BCUT2D eigenvalue weighted by atomic mass is 32.2. The predicted molar refractivity (Wildman–Crippen MR) is 88.3 cm³/mol. The second-order valence-corrected chi connectivity index (χ2v) is 7.71. The summed E-state index contributed by atoms with van der Waals surface area (Å²) in [7, 11) is -3.55. The third kappa shape index (κ3) is 2.82. The summed E-state index contributed by atoms with van der Waals surface area (Å²) in [5.74, 6) is -0.717. The van der Waals surface area contributed by atoms with E-state index in [1.54, 1.807) is 6.07 Å². The van der Waals surface area contributed by atoms with Crippen LogP contribution in [0.3, 0.4) is 0 Å². The zero-order valence-corrected chi connectivity index (χ0v) is 13.4. The molecule has 0 fully saturated rings. The Morgan fingerprint density at radius 1 is 0.909 bits per heavy atom. The smallest absolute Gasteiger partial charge is 0.178 e. The van der Waals surface area contributed by atoms with Gasteiger partial charge in [-0.05, 0) is 34.0 Å². The van der Waals surface area contributed by atoms with Crippen molar-refractivity contribution in [2.75, 3.05) is 6.26 Å². The van der Waals surface area contributed by atoms with Crippen molar-refractivity contribution in [1.29, 1.82) is 0 Å². The molecule has 0 amide bonds. The minimum absolute atomic E-state index is 0.271. The van der Waals surface area contributed by atoms with E-state index < -0.39 is 15.7 Å². The number of hydrogen-bond donors (Lipinski definition) is 0. The number of benzene rings is 2. The first-order chi connectivity index (χ1) is 10.5. The van der Waals surface area contributed by atoms with Crippen molar-refractivity contribution in [1.82, 2.24) is 0 Å². The Morgan fingerprint density at radius 2 is 1.55 bits per heavy atom. The molecule has 3 aromatic rings. The largest absolute Gasteiger partial charge is 0.224 e. The van der Waals surface area contributed by atoms with Crippen molar-refractivity contribution in [2.45, 2.75) is 4.90 Å². The lowest BCUT2D eigenvalue weighted by molar-refractivity contribution is 0.571. The first kappa shape index (κ1) is 14.9. The quantitative estimate of drug-likeness (QED) is 0.701. The summed E-state index contributed by atoms with van der Waals surface area (Å²) in [6.45, 7) is 0. The topological polar surface area (TPSA) is 34.1 Å². The van der Waals surface area contributed by atoms with Gasteiger partial charge >= 0.3 is 0 Å². The molecule has 0 saturated heterocycles. The molecule has 22 heavy (non-hydrogen) atoms. The highest BCUT2D eigenvalue weighted by Crippen LogP contribution is 2.36. The average Bonchev–Trinajstić information content (AvgIpc) is 2.96. The minimum atomic E-state index is -3.55. The van der Waals surface area contributed by atoms with Gasteiger partial charge in [0.25, 0.3) is 0 Å². The van der Waals surface area contributed by atoms with E-state index in [2.05, 4.69) is 0 Å². The molecule has 1 heterocycles. The van der Waals surface area contributed by atoms with Gasteiger partial charge in [-0.1, -0.05) is 36.4 Å². The van der Waals surface area contributed by atoms with Crippen LogP contribution in [0.15, 0.2) is 64.2 Å².